The molecule has 1 fully saturated rings. The molecule has 2 aliphatic rings. The van der Waals surface area contributed by atoms with Crippen LogP contribution in [0.4, 0.5) is 10.5 Å². The van der Waals surface area contributed by atoms with Crippen LogP contribution in [-0.2, 0) is 10.3 Å². The Morgan fingerprint density at radius 1 is 1.22 bits per heavy atom. The third-order valence-corrected chi connectivity index (χ3v) is 5.10. The molecule has 1 spiro atoms. The minimum absolute atomic E-state index is 0.221. The number of rotatable bonds is 3. The second-order valence-corrected chi connectivity index (χ2v) is 6.81. The monoisotopic (exact) mass is 366 g/mol. The number of esters is 1. The number of benzene rings is 2. The van der Waals surface area contributed by atoms with Crippen molar-refractivity contribution in [2.75, 3.05) is 25.0 Å². The highest BCUT2D eigenvalue weighted by molar-refractivity contribution is 5.95. The van der Waals surface area contributed by atoms with Gasteiger partial charge in [-0.3, -0.25) is 0 Å². The molecule has 2 aromatic rings. The molecule has 0 aliphatic carbocycles. The zero-order chi connectivity index (χ0) is 18.9. The molecule has 2 aliphatic heterocycles. The maximum Gasteiger partial charge on any atom is 0.339 e. The summed E-state index contributed by atoms with van der Waals surface area (Å²) in [7, 11) is 0. The van der Waals surface area contributed by atoms with Crippen molar-refractivity contribution < 1.29 is 19.1 Å². The highest BCUT2D eigenvalue weighted by Gasteiger charge is 2.48. The van der Waals surface area contributed by atoms with Crippen LogP contribution in [-0.4, -0.2) is 36.6 Å². The lowest BCUT2D eigenvalue weighted by Crippen LogP contribution is -2.50. The number of ether oxygens (including phenoxy) is 2. The Labute approximate surface area is 158 Å². The van der Waals surface area contributed by atoms with Gasteiger partial charge in [-0.2, -0.15) is 0 Å². The first-order valence-electron chi connectivity index (χ1n) is 9.23. The number of likely N-dealkylation sites (tertiary alicyclic amines) is 1. The summed E-state index contributed by atoms with van der Waals surface area (Å²) in [5, 5.41) is 2.93. The van der Waals surface area contributed by atoms with Crippen LogP contribution in [0.2, 0.25) is 0 Å². The minimum Gasteiger partial charge on any atom is -0.492 e. The molecule has 2 aromatic carbocycles. The summed E-state index contributed by atoms with van der Waals surface area (Å²) >= 11 is 0. The summed E-state index contributed by atoms with van der Waals surface area (Å²) < 4.78 is 11.3. The molecule has 27 heavy (non-hydrogen) atoms. The van der Waals surface area contributed by atoms with Crippen LogP contribution in [0.3, 0.4) is 0 Å². The average Bonchev–Trinajstić information content (AvgIpc) is 2.95. The smallest absolute Gasteiger partial charge is 0.339 e. The van der Waals surface area contributed by atoms with Gasteiger partial charge in [0, 0.05) is 12.1 Å². The molecule has 4 rings (SSSR count). The van der Waals surface area contributed by atoms with Crippen molar-refractivity contribution in [3.05, 3.63) is 59.7 Å². The Kier molecular flexibility index (Phi) is 4.48. The van der Waals surface area contributed by atoms with E-state index in [9.17, 15) is 9.59 Å². The van der Waals surface area contributed by atoms with Crippen molar-refractivity contribution >= 4 is 17.7 Å². The van der Waals surface area contributed by atoms with Crippen LogP contribution >= 0.6 is 0 Å². The van der Waals surface area contributed by atoms with Gasteiger partial charge in [0.1, 0.15) is 5.75 Å². The van der Waals surface area contributed by atoms with E-state index in [0.717, 1.165) is 18.4 Å². The second-order valence-electron chi connectivity index (χ2n) is 6.81. The Morgan fingerprint density at radius 2 is 2.00 bits per heavy atom. The van der Waals surface area contributed by atoms with E-state index in [4.69, 9.17) is 9.47 Å². The van der Waals surface area contributed by atoms with Crippen molar-refractivity contribution in [2.24, 2.45) is 0 Å². The third-order valence-electron chi connectivity index (χ3n) is 5.10. The molecule has 2 heterocycles. The van der Waals surface area contributed by atoms with Gasteiger partial charge >= 0.3 is 12.0 Å². The number of hydrogen-bond acceptors (Lipinski definition) is 4. The zero-order valence-corrected chi connectivity index (χ0v) is 15.2. The molecule has 1 saturated heterocycles. The first-order valence-corrected chi connectivity index (χ1v) is 9.23. The first kappa shape index (κ1) is 17.4. The predicted octanol–water partition coefficient (Wildman–Crippen LogP) is 3.78. The summed E-state index contributed by atoms with van der Waals surface area (Å²) in [6.07, 6.45) is 1.48. The van der Waals surface area contributed by atoms with Crippen LogP contribution in [0, 0.1) is 0 Å². The summed E-state index contributed by atoms with van der Waals surface area (Å²) in [5.41, 5.74) is 1.36. The van der Waals surface area contributed by atoms with E-state index in [-0.39, 0.29) is 12.0 Å². The number of anilines is 1. The van der Waals surface area contributed by atoms with Crippen LogP contribution in [0.15, 0.2) is 48.5 Å². The van der Waals surface area contributed by atoms with Gasteiger partial charge in [0.25, 0.3) is 0 Å². The van der Waals surface area contributed by atoms with Crippen LogP contribution in [0.25, 0.3) is 0 Å². The van der Waals surface area contributed by atoms with Gasteiger partial charge < -0.3 is 19.7 Å². The summed E-state index contributed by atoms with van der Waals surface area (Å²) in [6, 6.07) is 14.6. The lowest BCUT2D eigenvalue weighted by molar-refractivity contribution is -0.0400. The molecule has 0 aromatic heterocycles. The maximum absolute atomic E-state index is 12.9. The fourth-order valence-corrected chi connectivity index (χ4v) is 3.89. The van der Waals surface area contributed by atoms with Gasteiger partial charge in [0.05, 0.1) is 24.4 Å². The SMILES string of the molecule is CCOc1ccccc1NC(=O)N1CCCC2(C1)OC(=O)c1ccccc12. The number of para-hydroxylation sites is 2. The average molecular weight is 366 g/mol. The van der Waals surface area contributed by atoms with Crippen molar-refractivity contribution in [3.63, 3.8) is 0 Å². The molecular formula is C21H22N2O4. The number of nitrogens with one attached hydrogen (secondary N) is 1. The number of hydrogen-bond donors (Lipinski definition) is 1. The maximum atomic E-state index is 12.9. The number of carbonyl (C=O) groups is 2. The Bertz CT molecular complexity index is 882. The van der Waals surface area contributed by atoms with E-state index in [1.54, 1.807) is 11.0 Å². The molecule has 0 bridgehead atoms. The van der Waals surface area contributed by atoms with E-state index in [2.05, 4.69) is 5.32 Å². The summed E-state index contributed by atoms with van der Waals surface area (Å²) in [6.45, 7) is 3.38. The highest BCUT2D eigenvalue weighted by Crippen LogP contribution is 2.42. The first-order chi connectivity index (χ1) is 13.1. The highest BCUT2D eigenvalue weighted by atomic mass is 16.6. The summed E-state index contributed by atoms with van der Waals surface area (Å²) in [5.74, 6) is 0.326. The number of nitrogens with zero attached hydrogens (tertiary/aromatic N) is 1. The van der Waals surface area contributed by atoms with Gasteiger partial charge in [-0.15, -0.1) is 0 Å². The Balaban J connectivity index is 1.54. The number of urea groups is 1. The van der Waals surface area contributed by atoms with E-state index < -0.39 is 5.60 Å². The molecule has 6 nitrogen and oxygen atoms in total. The number of fused-ring (bicyclic) bond motifs is 2. The van der Waals surface area contributed by atoms with Crippen molar-refractivity contribution in [1.82, 2.24) is 4.90 Å². The molecule has 0 radical (unpaired) electrons. The zero-order valence-electron chi connectivity index (χ0n) is 15.2. The molecular weight excluding hydrogens is 344 g/mol. The van der Waals surface area contributed by atoms with E-state index in [1.807, 2.05) is 49.4 Å². The van der Waals surface area contributed by atoms with Gasteiger partial charge in [-0.25, -0.2) is 9.59 Å². The molecule has 2 amide bonds. The van der Waals surface area contributed by atoms with Crippen LogP contribution < -0.4 is 10.1 Å². The van der Waals surface area contributed by atoms with Crippen molar-refractivity contribution in [1.29, 1.82) is 0 Å². The molecule has 1 unspecified atom stereocenters. The molecule has 6 heteroatoms. The van der Waals surface area contributed by atoms with Gasteiger partial charge in [0.2, 0.25) is 0 Å². The molecule has 140 valence electrons. The van der Waals surface area contributed by atoms with E-state index in [1.165, 1.54) is 0 Å². The number of piperidine rings is 1. The fourth-order valence-electron chi connectivity index (χ4n) is 3.89. The van der Waals surface area contributed by atoms with E-state index in [0.29, 0.717) is 36.7 Å². The van der Waals surface area contributed by atoms with E-state index >= 15 is 0 Å². The molecule has 1 atom stereocenters. The Hall–Kier alpha value is -3.02. The predicted molar refractivity (Wildman–Crippen MR) is 101 cm³/mol. The second kappa shape index (κ2) is 6.95. The lowest BCUT2D eigenvalue weighted by atomic mass is 9.85. The normalized spacial score (nSPS) is 20.9. The standard InChI is InChI=1S/C21H22N2O4/c1-2-26-18-11-6-5-10-17(18)22-20(25)23-13-7-12-21(14-23)16-9-4-3-8-15(16)19(24)27-21/h3-6,8-11H,2,7,12-14H2,1H3,(H,22,25). The van der Waals surface area contributed by atoms with Crippen molar-refractivity contribution in [2.45, 2.75) is 25.4 Å². The number of amides is 2. The number of carbonyl (C=O) groups excluding carboxylic acids is 2. The fraction of sp³-hybridized carbons (Fsp3) is 0.333. The van der Waals surface area contributed by atoms with Crippen LogP contribution in [0.5, 0.6) is 5.75 Å². The largest absolute Gasteiger partial charge is 0.492 e. The quantitative estimate of drug-likeness (QED) is 0.840. The summed E-state index contributed by atoms with van der Waals surface area (Å²) in [4.78, 5) is 26.9. The molecule has 0 saturated carbocycles. The third kappa shape index (κ3) is 3.12. The van der Waals surface area contributed by atoms with Gasteiger partial charge in [-0.1, -0.05) is 30.3 Å². The lowest BCUT2D eigenvalue weighted by Gasteiger charge is -2.39. The van der Waals surface area contributed by atoms with Gasteiger partial charge in [-0.05, 0) is 38.0 Å². The van der Waals surface area contributed by atoms with Crippen molar-refractivity contribution in [3.8, 4) is 5.75 Å². The molecule has 1 N–H and O–H groups in total. The van der Waals surface area contributed by atoms with Gasteiger partial charge in [0.15, 0.2) is 5.60 Å². The Morgan fingerprint density at radius 3 is 2.85 bits per heavy atom. The van der Waals surface area contributed by atoms with Crippen LogP contribution in [0.1, 0.15) is 35.7 Å². The topological polar surface area (TPSA) is 67.9 Å². The minimum atomic E-state index is -0.747.